The molecule has 0 unspecified atom stereocenters. The SMILES string of the molecule is CC1(C)C(/C=C/C=C/C=C2/N(CCCS(=O)(=O)O)c3ccc(S(=O)(=O)O)cc3C2(C)C)=[N+](CCCS(=O)(=O)O)c2ccc(S(=O)(=O)O)cc21.[Na].[Na].[Na]. The summed E-state index contributed by atoms with van der Waals surface area (Å²) in [6, 6.07) is 8.29. The average Bonchev–Trinajstić information content (AvgIpc) is 3.29. The van der Waals surface area contributed by atoms with Gasteiger partial charge in [0.1, 0.15) is 6.54 Å². The van der Waals surface area contributed by atoms with Crippen molar-refractivity contribution in [3.63, 3.8) is 0 Å². The van der Waals surface area contributed by atoms with Crippen molar-refractivity contribution in [3.8, 4) is 0 Å². The van der Waals surface area contributed by atoms with E-state index >= 15 is 0 Å². The van der Waals surface area contributed by atoms with Crippen LogP contribution in [0, 0.1) is 0 Å². The Morgan fingerprint density at radius 1 is 0.673 bits per heavy atom. The van der Waals surface area contributed by atoms with Gasteiger partial charge in [0.25, 0.3) is 40.5 Å². The molecule has 3 radical (unpaired) electrons. The van der Waals surface area contributed by atoms with Crippen molar-refractivity contribution >= 4 is 146 Å². The summed E-state index contributed by atoms with van der Waals surface area (Å²) >= 11 is 0. The number of benzene rings is 2. The number of fused-ring (bicyclic) bond motifs is 2. The molecule has 0 aliphatic carbocycles. The van der Waals surface area contributed by atoms with Crippen LogP contribution in [0.15, 0.2) is 82.3 Å². The topological polar surface area (TPSA) is 224 Å². The molecule has 0 bridgehead atoms. The second-order valence-corrected chi connectivity index (χ2v) is 18.8. The van der Waals surface area contributed by atoms with Gasteiger partial charge in [-0.05, 0) is 62.2 Å². The first-order valence-corrected chi connectivity index (χ1v) is 21.1. The van der Waals surface area contributed by atoms with E-state index in [1.54, 1.807) is 30.4 Å². The van der Waals surface area contributed by atoms with Gasteiger partial charge in [0.2, 0.25) is 5.69 Å². The number of hydrogen-bond donors (Lipinski definition) is 4. The monoisotopic (exact) mass is 828 g/mol. The summed E-state index contributed by atoms with van der Waals surface area (Å²) in [5.74, 6) is -0.977. The van der Waals surface area contributed by atoms with Gasteiger partial charge in [0.05, 0.1) is 26.7 Å². The van der Waals surface area contributed by atoms with Crippen molar-refractivity contribution < 1.29 is 56.5 Å². The van der Waals surface area contributed by atoms with E-state index in [1.165, 1.54) is 36.4 Å². The largest absolute Gasteiger partial charge is 0.344 e. The molecule has 14 nitrogen and oxygen atoms in total. The third-order valence-electron chi connectivity index (χ3n) is 8.62. The van der Waals surface area contributed by atoms with E-state index in [2.05, 4.69) is 0 Å². The van der Waals surface area contributed by atoms with E-state index in [9.17, 15) is 51.9 Å². The van der Waals surface area contributed by atoms with Crippen LogP contribution in [0.4, 0.5) is 11.4 Å². The van der Waals surface area contributed by atoms with E-state index in [1.807, 2.05) is 37.2 Å². The van der Waals surface area contributed by atoms with Crippen molar-refractivity contribution in [2.45, 2.75) is 61.2 Å². The maximum Gasteiger partial charge on any atom is 0.294 e. The van der Waals surface area contributed by atoms with Crippen LogP contribution in [0.2, 0.25) is 0 Å². The van der Waals surface area contributed by atoms with Crippen LogP contribution in [0.3, 0.4) is 0 Å². The molecule has 2 heterocycles. The maximum atomic E-state index is 11.9. The van der Waals surface area contributed by atoms with Crippen molar-refractivity contribution in [1.82, 2.24) is 0 Å². The predicted octanol–water partition coefficient (Wildman–Crippen LogP) is 2.76. The van der Waals surface area contributed by atoms with Crippen molar-refractivity contribution in [2.24, 2.45) is 0 Å². The van der Waals surface area contributed by atoms with Gasteiger partial charge in [-0.15, -0.1) is 0 Å². The molecule has 52 heavy (non-hydrogen) atoms. The summed E-state index contributed by atoms with van der Waals surface area (Å²) in [5.41, 5.74) is 2.15. The molecule has 0 saturated carbocycles. The molecule has 4 N–H and O–H groups in total. The Morgan fingerprint density at radius 3 is 1.73 bits per heavy atom. The van der Waals surface area contributed by atoms with E-state index in [4.69, 9.17) is 0 Å². The summed E-state index contributed by atoms with van der Waals surface area (Å²) < 4.78 is 133. The van der Waals surface area contributed by atoms with Crippen molar-refractivity contribution in [2.75, 3.05) is 29.5 Å². The average molecular weight is 829 g/mol. The molecule has 2 aromatic carbocycles. The molecule has 0 amide bonds. The normalized spacial score (nSPS) is 17.5. The van der Waals surface area contributed by atoms with Crippen LogP contribution in [-0.4, -0.2) is 175 Å². The summed E-state index contributed by atoms with van der Waals surface area (Å²) in [6.45, 7) is 7.72. The smallest absolute Gasteiger partial charge is 0.294 e. The van der Waals surface area contributed by atoms with Crippen molar-refractivity contribution in [1.29, 1.82) is 0 Å². The maximum absolute atomic E-state index is 11.9. The van der Waals surface area contributed by atoms with Crippen LogP contribution in [0.1, 0.15) is 51.7 Å². The molecular formula is C31H39N2Na3O12S4+. The standard InChI is InChI=1S/C31H38N2O12S4.3Na/c1-30(2)24-20-22(48(40,41)42)12-14-26(24)32(16-8-18-46(34,35)36)28(30)10-6-5-7-11-29-31(3,4)25-21-23(49(43,44)45)13-15-27(25)33(29)17-9-19-47(37,38)39;;;/h5-7,10-15,20-21H,8-9,16-19H2,1-4H3,(H3-,34,35,36,37,38,39,40,41,42,43,44,45);;;/p+1. The molecule has 0 saturated heterocycles. The van der Waals surface area contributed by atoms with Crippen molar-refractivity contribution in [3.05, 3.63) is 83.6 Å². The summed E-state index contributed by atoms with van der Waals surface area (Å²) in [7, 11) is -17.5. The molecule has 271 valence electrons. The molecule has 2 aliphatic rings. The molecule has 0 fully saturated rings. The molecule has 0 aromatic heterocycles. The van der Waals surface area contributed by atoms with E-state index in [0.717, 1.165) is 0 Å². The third-order valence-corrected chi connectivity index (χ3v) is 11.9. The van der Waals surface area contributed by atoms with Gasteiger partial charge in [-0.1, -0.05) is 32.1 Å². The van der Waals surface area contributed by atoms with E-state index < -0.39 is 62.8 Å². The molecule has 4 rings (SSSR count). The Bertz CT molecular complexity index is 2250. The van der Waals surface area contributed by atoms with Gasteiger partial charge in [-0.25, -0.2) is 0 Å². The second kappa shape index (κ2) is 18.4. The van der Waals surface area contributed by atoms with Gasteiger partial charge in [0, 0.05) is 136 Å². The zero-order valence-electron chi connectivity index (χ0n) is 30.2. The van der Waals surface area contributed by atoms with Crippen LogP contribution in [-0.2, 0) is 51.3 Å². The van der Waals surface area contributed by atoms with Crippen LogP contribution in [0.25, 0.3) is 0 Å². The molecule has 2 aromatic rings. The summed E-state index contributed by atoms with van der Waals surface area (Å²) in [5, 5.41) is 0. The fraction of sp³-hybridized carbons (Fsp3) is 0.387. The Kier molecular flexibility index (Phi) is 17.6. The van der Waals surface area contributed by atoms with Gasteiger partial charge < -0.3 is 4.90 Å². The van der Waals surface area contributed by atoms with Crippen LogP contribution >= 0.6 is 0 Å². The number of rotatable bonds is 13. The Labute approximate surface area is 372 Å². The molecule has 2 aliphatic heterocycles. The van der Waals surface area contributed by atoms with Gasteiger partial charge in [-0.3, -0.25) is 18.2 Å². The minimum absolute atomic E-state index is 0. The quantitative estimate of drug-likeness (QED) is 0.0989. The molecule has 0 atom stereocenters. The minimum Gasteiger partial charge on any atom is -0.344 e. The second-order valence-electron chi connectivity index (χ2n) is 12.8. The van der Waals surface area contributed by atoms with Gasteiger partial charge in [0.15, 0.2) is 5.71 Å². The first kappa shape index (κ1) is 49.8. The first-order valence-electron chi connectivity index (χ1n) is 15.0. The fourth-order valence-electron chi connectivity index (χ4n) is 6.28. The number of anilines is 1. The number of nitrogens with zero attached hydrogens (tertiary/aromatic N) is 2. The Balaban J connectivity index is 0.00000451. The summed E-state index contributed by atoms with van der Waals surface area (Å²) in [4.78, 5) is 1.23. The van der Waals surface area contributed by atoms with E-state index in [-0.39, 0.29) is 124 Å². The van der Waals surface area contributed by atoms with E-state index in [0.29, 0.717) is 33.9 Å². The van der Waals surface area contributed by atoms with Crippen LogP contribution in [0.5, 0.6) is 0 Å². The third kappa shape index (κ3) is 11.9. The van der Waals surface area contributed by atoms with Gasteiger partial charge >= 0.3 is 0 Å². The van der Waals surface area contributed by atoms with Gasteiger partial charge in [-0.2, -0.15) is 38.2 Å². The fourth-order valence-corrected chi connectivity index (χ4v) is 8.28. The minimum atomic E-state index is -4.50. The summed E-state index contributed by atoms with van der Waals surface area (Å²) in [6.07, 6.45) is 8.81. The first-order chi connectivity index (χ1) is 22.3. The van der Waals surface area contributed by atoms with Crippen LogP contribution < -0.4 is 4.90 Å². The molecule has 21 heteroatoms. The Hall–Kier alpha value is -0.230. The molecule has 0 spiro atoms. The number of allylic oxidation sites excluding steroid dienone is 6. The zero-order valence-corrected chi connectivity index (χ0v) is 39.4. The Morgan fingerprint density at radius 2 is 1.19 bits per heavy atom. The predicted molar refractivity (Wildman–Crippen MR) is 201 cm³/mol. The zero-order chi connectivity index (χ0) is 36.8. The molecular weight excluding hydrogens is 790 g/mol. The number of hydrogen-bond acceptors (Lipinski definition) is 9.